The van der Waals surface area contributed by atoms with Crippen LogP contribution in [-0.2, 0) is 4.79 Å². The van der Waals surface area contributed by atoms with E-state index in [9.17, 15) is 9.90 Å². The first kappa shape index (κ1) is 16.9. The van der Waals surface area contributed by atoms with Crippen LogP contribution < -0.4 is 0 Å². The summed E-state index contributed by atoms with van der Waals surface area (Å²) in [5.41, 5.74) is 0. The Morgan fingerprint density at radius 1 is 1.17 bits per heavy atom. The maximum Gasteiger partial charge on any atom is 0.303 e. The summed E-state index contributed by atoms with van der Waals surface area (Å²) in [6.45, 7) is 2.05. The van der Waals surface area contributed by atoms with Crippen molar-refractivity contribution in [1.82, 2.24) is 0 Å². The molecule has 0 saturated carbocycles. The van der Waals surface area contributed by atoms with Gasteiger partial charge in [0.15, 0.2) is 0 Å². The fraction of sp³-hybridized carbons (Fsp3) is 0.667. The van der Waals surface area contributed by atoms with Gasteiger partial charge in [-0.1, -0.05) is 50.5 Å². The topological polar surface area (TPSA) is 57.5 Å². The summed E-state index contributed by atoms with van der Waals surface area (Å²) in [5, 5.41) is 17.9. The Bertz CT molecular complexity index is 256. The Morgan fingerprint density at radius 2 is 1.89 bits per heavy atom. The monoisotopic (exact) mass is 254 g/mol. The standard InChI is InChI=1S/C15H26O3/c1-2-11-14(16)12-9-7-5-3-4-6-8-10-13-15(17)18/h5,7,9,12,14,16H,2-4,6,8,10-11,13H2,1H3,(H,17,18)/t14-/m0/s1. The molecule has 2 N–H and O–H groups in total. The van der Waals surface area contributed by atoms with Crippen molar-refractivity contribution in [2.75, 3.05) is 0 Å². The van der Waals surface area contributed by atoms with Gasteiger partial charge in [0.25, 0.3) is 0 Å². The Kier molecular flexibility index (Phi) is 11.6. The van der Waals surface area contributed by atoms with E-state index in [4.69, 9.17) is 5.11 Å². The Balaban J connectivity index is 3.35. The maximum atomic E-state index is 10.3. The summed E-state index contributed by atoms with van der Waals surface area (Å²) < 4.78 is 0. The molecule has 1 atom stereocenters. The van der Waals surface area contributed by atoms with Crippen molar-refractivity contribution in [2.24, 2.45) is 0 Å². The number of carbonyl (C=O) groups is 1. The van der Waals surface area contributed by atoms with E-state index >= 15 is 0 Å². The molecule has 0 unspecified atom stereocenters. The van der Waals surface area contributed by atoms with Gasteiger partial charge in [0.05, 0.1) is 6.10 Å². The first-order valence-corrected chi connectivity index (χ1v) is 6.90. The van der Waals surface area contributed by atoms with Gasteiger partial charge in [-0.15, -0.1) is 0 Å². The van der Waals surface area contributed by atoms with Gasteiger partial charge in [-0.25, -0.2) is 0 Å². The number of carboxylic acid groups (broad SMARTS) is 1. The van der Waals surface area contributed by atoms with Crippen LogP contribution in [-0.4, -0.2) is 22.3 Å². The van der Waals surface area contributed by atoms with E-state index in [2.05, 4.69) is 13.0 Å². The molecule has 0 aliphatic carbocycles. The van der Waals surface area contributed by atoms with E-state index in [1.54, 1.807) is 0 Å². The van der Waals surface area contributed by atoms with Crippen molar-refractivity contribution in [3.63, 3.8) is 0 Å². The first-order chi connectivity index (χ1) is 8.66. The number of rotatable bonds is 11. The number of hydrogen-bond donors (Lipinski definition) is 2. The first-order valence-electron chi connectivity index (χ1n) is 6.90. The molecule has 0 fully saturated rings. The lowest BCUT2D eigenvalue weighted by atomic mass is 10.1. The van der Waals surface area contributed by atoms with Gasteiger partial charge in [0.1, 0.15) is 0 Å². The van der Waals surface area contributed by atoms with E-state index in [1.165, 1.54) is 0 Å². The Hall–Kier alpha value is -1.09. The average molecular weight is 254 g/mol. The zero-order chi connectivity index (χ0) is 13.6. The fourth-order valence-electron chi connectivity index (χ4n) is 1.65. The molecule has 0 aromatic carbocycles. The van der Waals surface area contributed by atoms with E-state index in [0.29, 0.717) is 0 Å². The van der Waals surface area contributed by atoms with Crippen LogP contribution in [0, 0.1) is 0 Å². The summed E-state index contributed by atoms with van der Waals surface area (Å²) in [4.78, 5) is 10.3. The van der Waals surface area contributed by atoms with Crippen molar-refractivity contribution < 1.29 is 15.0 Å². The van der Waals surface area contributed by atoms with Crippen molar-refractivity contribution >= 4 is 5.97 Å². The maximum absolute atomic E-state index is 10.3. The zero-order valence-electron chi connectivity index (χ0n) is 11.3. The van der Waals surface area contributed by atoms with Crippen molar-refractivity contribution in [2.45, 2.75) is 64.4 Å². The van der Waals surface area contributed by atoms with Crippen LogP contribution in [0.15, 0.2) is 24.3 Å². The highest BCUT2D eigenvalue weighted by Gasteiger charge is 1.95. The lowest BCUT2D eigenvalue weighted by molar-refractivity contribution is -0.137. The van der Waals surface area contributed by atoms with E-state index < -0.39 is 5.97 Å². The van der Waals surface area contributed by atoms with Gasteiger partial charge >= 0.3 is 5.97 Å². The van der Waals surface area contributed by atoms with E-state index in [0.717, 1.165) is 44.9 Å². The van der Waals surface area contributed by atoms with Crippen LogP contribution >= 0.6 is 0 Å². The summed E-state index contributed by atoms with van der Waals surface area (Å²) in [6, 6.07) is 0. The molecule has 0 aliphatic rings. The molecule has 0 bridgehead atoms. The molecule has 0 spiro atoms. The van der Waals surface area contributed by atoms with Crippen LogP contribution in [0.25, 0.3) is 0 Å². The van der Waals surface area contributed by atoms with Crippen molar-refractivity contribution in [1.29, 1.82) is 0 Å². The number of unbranched alkanes of at least 4 members (excludes halogenated alkanes) is 4. The van der Waals surface area contributed by atoms with Crippen LogP contribution in [0.3, 0.4) is 0 Å². The number of allylic oxidation sites excluding steroid dienone is 3. The largest absolute Gasteiger partial charge is 0.481 e. The highest BCUT2D eigenvalue weighted by Crippen LogP contribution is 2.06. The molecule has 104 valence electrons. The SMILES string of the molecule is CCC[C@H](O)C=CC=CCCCCCCC(=O)O. The highest BCUT2D eigenvalue weighted by atomic mass is 16.4. The quantitative estimate of drug-likeness (QED) is 0.437. The third kappa shape index (κ3) is 13.0. The van der Waals surface area contributed by atoms with Gasteiger partial charge in [-0.3, -0.25) is 4.79 Å². The van der Waals surface area contributed by atoms with Gasteiger partial charge in [0.2, 0.25) is 0 Å². The molecule has 0 aromatic heterocycles. The zero-order valence-corrected chi connectivity index (χ0v) is 11.3. The minimum Gasteiger partial charge on any atom is -0.481 e. The van der Waals surface area contributed by atoms with Gasteiger partial charge in [-0.05, 0) is 25.7 Å². The normalized spacial score (nSPS) is 13.4. The van der Waals surface area contributed by atoms with Crippen molar-refractivity contribution in [3.8, 4) is 0 Å². The molecule has 0 heterocycles. The van der Waals surface area contributed by atoms with E-state index in [-0.39, 0.29) is 12.5 Å². The molecule has 0 radical (unpaired) electrons. The van der Waals surface area contributed by atoms with Crippen LogP contribution in [0.5, 0.6) is 0 Å². The second kappa shape index (κ2) is 12.4. The summed E-state index contributed by atoms with van der Waals surface area (Å²) >= 11 is 0. The number of aliphatic hydroxyl groups excluding tert-OH is 1. The molecule has 0 rings (SSSR count). The average Bonchev–Trinajstić information content (AvgIpc) is 2.31. The molecule has 0 saturated heterocycles. The number of aliphatic hydroxyl groups is 1. The summed E-state index contributed by atoms with van der Waals surface area (Å²) in [6.07, 6.45) is 14.5. The summed E-state index contributed by atoms with van der Waals surface area (Å²) in [5.74, 6) is -0.703. The van der Waals surface area contributed by atoms with Crippen LogP contribution in [0.2, 0.25) is 0 Å². The molecule has 18 heavy (non-hydrogen) atoms. The third-order valence-electron chi connectivity index (χ3n) is 2.68. The molecule has 3 nitrogen and oxygen atoms in total. The molecular formula is C15H26O3. The number of carboxylic acids is 1. The molecular weight excluding hydrogens is 228 g/mol. The minimum atomic E-state index is -0.703. The van der Waals surface area contributed by atoms with Gasteiger partial charge in [-0.2, -0.15) is 0 Å². The van der Waals surface area contributed by atoms with Crippen LogP contribution in [0.4, 0.5) is 0 Å². The Morgan fingerprint density at radius 3 is 2.56 bits per heavy atom. The highest BCUT2D eigenvalue weighted by molar-refractivity contribution is 5.66. The second-order valence-corrected chi connectivity index (χ2v) is 4.52. The molecule has 0 amide bonds. The summed E-state index contributed by atoms with van der Waals surface area (Å²) in [7, 11) is 0. The third-order valence-corrected chi connectivity index (χ3v) is 2.68. The second-order valence-electron chi connectivity index (χ2n) is 4.52. The molecule has 0 aromatic rings. The van der Waals surface area contributed by atoms with E-state index in [1.807, 2.05) is 18.2 Å². The van der Waals surface area contributed by atoms with Gasteiger partial charge in [0, 0.05) is 6.42 Å². The number of hydrogen-bond acceptors (Lipinski definition) is 2. The lowest BCUT2D eigenvalue weighted by Crippen LogP contribution is -1.99. The lowest BCUT2D eigenvalue weighted by Gasteiger charge is -1.99. The smallest absolute Gasteiger partial charge is 0.303 e. The minimum absolute atomic E-state index is 0.286. The predicted molar refractivity (Wildman–Crippen MR) is 74.5 cm³/mol. The number of aliphatic carboxylic acids is 1. The van der Waals surface area contributed by atoms with Crippen molar-refractivity contribution in [3.05, 3.63) is 24.3 Å². The predicted octanol–water partition coefficient (Wildman–Crippen LogP) is 3.69. The molecule has 0 aliphatic heterocycles. The molecule has 3 heteroatoms. The Labute approximate surface area is 110 Å². The van der Waals surface area contributed by atoms with Crippen LogP contribution in [0.1, 0.15) is 58.3 Å². The van der Waals surface area contributed by atoms with Gasteiger partial charge < -0.3 is 10.2 Å². The fourth-order valence-corrected chi connectivity index (χ4v) is 1.65.